The Bertz CT molecular complexity index is 329. The second-order valence-electron chi connectivity index (χ2n) is 5.00. The van der Waals surface area contributed by atoms with E-state index in [0.29, 0.717) is 17.1 Å². The Morgan fingerprint density at radius 2 is 2.06 bits per heavy atom. The van der Waals surface area contributed by atoms with Crippen molar-refractivity contribution in [3.8, 4) is 0 Å². The number of aliphatic imine (C=N–C) groups is 1. The van der Waals surface area contributed by atoms with Gasteiger partial charge in [0.1, 0.15) is 0 Å². The van der Waals surface area contributed by atoms with E-state index in [1.165, 1.54) is 6.42 Å². The van der Waals surface area contributed by atoms with E-state index in [9.17, 15) is 4.79 Å². The number of carbonyl (C=O) groups is 1. The Hall–Kier alpha value is -0.510. The molecule has 4 heteroatoms. The molecule has 0 aromatic carbocycles. The van der Waals surface area contributed by atoms with Crippen LogP contribution in [0, 0.1) is 17.8 Å². The molecule has 1 saturated heterocycles. The van der Waals surface area contributed by atoms with Gasteiger partial charge in [0.2, 0.25) is 5.91 Å². The number of thioether (sulfide) groups is 1. The fourth-order valence-electron chi connectivity index (χ4n) is 2.81. The summed E-state index contributed by atoms with van der Waals surface area (Å²) in [6.07, 6.45) is 2.39. The van der Waals surface area contributed by atoms with Crippen LogP contribution in [0.25, 0.3) is 0 Å². The van der Waals surface area contributed by atoms with Crippen molar-refractivity contribution in [2.45, 2.75) is 31.9 Å². The predicted octanol–water partition coefficient (Wildman–Crippen LogP) is 2.23. The van der Waals surface area contributed by atoms with Crippen molar-refractivity contribution in [1.82, 2.24) is 4.90 Å². The number of amidine groups is 1. The van der Waals surface area contributed by atoms with E-state index in [1.54, 1.807) is 23.7 Å². The minimum absolute atomic E-state index is 0.198. The molecule has 2 rings (SSSR count). The van der Waals surface area contributed by atoms with Crippen LogP contribution in [0.5, 0.6) is 0 Å². The second kappa shape index (κ2) is 4.40. The zero-order valence-electron chi connectivity index (χ0n) is 10.4. The third kappa shape index (κ3) is 1.77. The Morgan fingerprint density at radius 1 is 1.38 bits per heavy atom. The minimum Gasteiger partial charge on any atom is -0.294 e. The summed E-state index contributed by atoms with van der Waals surface area (Å²) < 4.78 is 0. The summed E-state index contributed by atoms with van der Waals surface area (Å²) in [5.74, 6) is 1.63. The molecule has 1 aliphatic carbocycles. The first-order valence-electron chi connectivity index (χ1n) is 5.97. The summed E-state index contributed by atoms with van der Waals surface area (Å²) in [5.41, 5.74) is 0. The maximum absolute atomic E-state index is 12.3. The van der Waals surface area contributed by atoms with Crippen molar-refractivity contribution < 1.29 is 4.79 Å². The van der Waals surface area contributed by atoms with Crippen molar-refractivity contribution in [3.05, 3.63) is 0 Å². The smallest absolute Gasteiger partial charge is 0.232 e. The monoisotopic (exact) mass is 240 g/mol. The molecule has 0 N–H and O–H groups in total. The summed E-state index contributed by atoms with van der Waals surface area (Å²) in [6.45, 7) is 4.49. The van der Waals surface area contributed by atoms with Gasteiger partial charge in [-0.05, 0) is 24.7 Å². The fraction of sp³-hybridized carbons (Fsp3) is 0.833. The maximum Gasteiger partial charge on any atom is 0.232 e. The van der Waals surface area contributed by atoms with E-state index < -0.39 is 0 Å². The van der Waals surface area contributed by atoms with E-state index >= 15 is 0 Å². The van der Waals surface area contributed by atoms with Crippen LogP contribution in [-0.4, -0.2) is 35.3 Å². The molecule has 1 heterocycles. The Balaban J connectivity index is 2.26. The lowest BCUT2D eigenvalue weighted by atomic mass is 9.73. The number of amides is 1. The number of nitrogens with zero attached hydrogens (tertiary/aromatic N) is 2. The molecule has 4 atom stereocenters. The number of hydrogen-bond acceptors (Lipinski definition) is 3. The third-order valence-corrected chi connectivity index (χ3v) is 5.62. The molecule has 0 radical (unpaired) electrons. The lowest BCUT2D eigenvalue weighted by molar-refractivity contribution is -0.134. The van der Waals surface area contributed by atoms with Gasteiger partial charge in [-0.2, -0.15) is 0 Å². The van der Waals surface area contributed by atoms with Crippen LogP contribution in [0.3, 0.4) is 0 Å². The number of fused-ring (bicyclic) bond motifs is 1. The van der Waals surface area contributed by atoms with Gasteiger partial charge in [0.25, 0.3) is 0 Å². The van der Waals surface area contributed by atoms with Gasteiger partial charge in [-0.25, -0.2) is 0 Å². The number of hydrogen-bond donors (Lipinski definition) is 0. The van der Waals surface area contributed by atoms with Crippen LogP contribution in [0.4, 0.5) is 0 Å². The quantitative estimate of drug-likeness (QED) is 0.650. The van der Waals surface area contributed by atoms with E-state index in [4.69, 9.17) is 0 Å². The molecule has 90 valence electrons. The number of carbonyl (C=O) groups excluding carboxylic acids is 1. The van der Waals surface area contributed by atoms with E-state index in [-0.39, 0.29) is 11.8 Å². The van der Waals surface area contributed by atoms with Gasteiger partial charge in [-0.15, -0.1) is 0 Å². The van der Waals surface area contributed by atoms with Crippen molar-refractivity contribution in [2.75, 3.05) is 14.1 Å². The van der Waals surface area contributed by atoms with Crippen LogP contribution in [-0.2, 0) is 4.79 Å². The highest BCUT2D eigenvalue weighted by atomic mass is 32.2. The molecule has 2 aliphatic rings. The van der Waals surface area contributed by atoms with Crippen molar-refractivity contribution >= 4 is 22.8 Å². The molecular formula is C12H20N2OS. The molecule has 0 spiro atoms. The zero-order chi connectivity index (χ0) is 11.9. The highest BCUT2D eigenvalue weighted by Gasteiger charge is 2.45. The van der Waals surface area contributed by atoms with Crippen LogP contribution in [0.1, 0.15) is 26.7 Å². The van der Waals surface area contributed by atoms with Crippen molar-refractivity contribution in [2.24, 2.45) is 22.7 Å². The molecule has 16 heavy (non-hydrogen) atoms. The fourth-order valence-corrected chi connectivity index (χ4v) is 4.20. The lowest BCUT2D eigenvalue weighted by Gasteiger charge is -2.44. The van der Waals surface area contributed by atoms with Crippen LogP contribution in [0.15, 0.2) is 4.99 Å². The average molecular weight is 240 g/mol. The highest BCUT2D eigenvalue weighted by molar-refractivity contribution is 8.14. The van der Waals surface area contributed by atoms with Crippen molar-refractivity contribution in [3.63, 3.8) is 0 Å². The number of rotatable bonds is 0. The van der Waals surface area contributed by atoms with Crippen LogP contribution < -0.4 is 0 Å². The molecule has 0 aromatic rings. The molecule has 3 nitrogen and oxygen atoms in total. The Labute approximate surface area is 102 Å². The molecule has 0 bridgehead atoms. The first kappa shape index (κ1) is 12.0. The highest BCUT2D eigenvalue weighted by Crippen LogP contribution is 2.44. The summed E-state index contributed by atoms with van der Waals surface area (Å²) in [6, 6.07) is 0. The Kier molecular flexibility index (Phi) is 3.29. The molecular weight excluding hydrogens is 220 g/mol. The van der Waals surface area contributed by atoms with Gasteiger partial charge >= 0.3 is 0 Å². The van der Waals surface area contributed by atoms with E-state index in [0.717, 1.165) is 11.6 Å². The summed E-state index contributed by atoms with van der Waals surface area (Å²) >= 11 is 1.79. The first-order valence-corrected chi connectivity index (χ1v) is 6.85. The Morgan fingerprint density at radius 3 is 2.69 bits per heavy atom. The normalized spacial score (nSPS) is 42.4. The largest absolute Gasteiger partial charge is 0.294 e. The molecule has 4 unspecified atom stereocenters. The van der Waals surface area contributed by atoms with Crippen molar-refractivity contribution in [1.29, 1.82) is 0 Å². The maximum atomic E-state index is 12.3. The molecule has 2 fully saturated rings. The predicted molar refractivity (Wildman–Crippen MR) is 68.6 cm³/mol. The summed E-state index contributed by atoms with van der Waals surface area (Å²) in [7, 11) is 3.61. The summed E-state index contributed by atoms with van der Waals surface area (Å²) in [5, 5.41) is 1.33. The van der Waals surface area contributed by atoms with Gasteiger partial charge in [0.15, 0.2) is 5.17 Å². The van der Waals surface area contributed by atoms with E-state index in [1.807, 2.05) is 7.05 Å². The van der Waals surface area contributed by atoms with E-state index in [2.05, 4.69) is 18.8 Å². The second-order valence-corrected chi connectivity index (χ2v) is 6.21. The summed E-state index contributed by atoms with van der Waals surface area (Å²) in [4.78, 5) is 18.3. The minimum atomic E-state index is 0.198. The van der Waals surface area contributed by atoms with Gasteiger partial charge in [-0.3, -0.25) is 14.7 Å². The first-order chi connectivity index (χ1) is 7.56. The van der Waals surface area contributed by atoms with Gasteiger partial charge in [-0.1, -0.05) is 25.6 Å². The standard InChI is InChI=1S/C12H20N2OS/c1-7-5-6-9-10(8(7)2)11(15)14(4)12(13-3)16-9/h7-10H,5-6H2,1-4H3. The third-order valence-electron chi connectivity index (χ3n) is 4.12. The molecule has 1 amide bonds. The van der Waals surface area contributed by atoms with Crippen LogP contribution >= 0.6 is 11.8 Å². The molecule has 0 aromatic heterocycles. The lowest BCUT2D eigenvalue weighted by Crippen LogP contribution is -2.51. The van der Waals surface area contributed by atoms with Gasteiger partial charge < -0.3 is 0 Å². The van der Waals surface area contributed by atoms with Gasteiger partial charge in [0.05, 0.1) is 5.92 Å². The topological polar surface area (TPSA) is 32.7 Å². The SMILES string of the molecule is CN=C1SC2CCC(C)C(C)C2C(=O)N1C. The average Bonchev–Trinajstić information content (AvgIpc) is 2.28. The van der Waals surface area contributed by atoms with Gasteiger partial charge in [0, 0.05) is 19.3 Å². The molecule has 1 saturated carbocycles. The zero-order valence-corrected chi connectivity index (χ0v) is 11.3. The molecule has 1 aliphatic heterocycles. The van der Waals surface area contributed by atoms with Crippen LogP contribution in [0.2, 0.25) is 0 Å².